The largest absolute Gasteiger partial charge is 0.462 e. The van der Waals surface area contributed by atoms with Crippen molar-refractivity contribution in [1.29, 1.82) is 0 Å². The second kappa shape index (κ2) is 5.32. The molecule has 0 aliphatic heterocycles. The van der Waals surface area contributed by atoms with E-state index in [4.69, 9.17) is 9.47 Å². The third-order valence-electron chi connectivity index (χ3n) is 2.94. The number of aryl methyl sites for hydroxylation is 2. The third-order valence-corrected chi connectivity index (χ3v) is 2.94. The van der Waals surface area contributed by atoms with Gasteiger partial charge in [0.15, 0.2) is 5.75 Å². The van der Waals surface area contributed by atoms with Crippen LogP contribution in [0.15, 0.2) is 12.1 Å². The smallest absolute Gasteiger partial charge is 0.338 e. The van der Waals surface area contributed by atoms with E-state index in [0.717, 1.165) is 5.82 Å². The Morgan fingerprint density at radius 3 is 2.65 bits per heavy atom. The SMILES string of the molecule is CCOC(=O)c1cc(OC(C)=O)c2nc(C)n(C)c2c1. The molecule has 0 aliphatic rings. The van der Waals surface area contributed by atoms with Crippen molar-refractivity contribution in [3.8, 4) is 5.75 Å². The highest BCUT2D eigenvalue weighted by Crippen LogP contribution is 2.28. The van der Waals surface area contributed by atoms with E-state index < -0.39 is 11.9 Å². The number of hydrogen-bond donors (Lipinski definition) is 0. The third kappa shape index (κ3) is 2.49. The summed E-state index contributed by atoms with van der Waals surface area (Å²) in [6, 6.07) is 3.16. The number of carbonyl (C=O) groups excluding carboxylic acids is 2. The number of carbonyl (C=O) groups is 2. The summed E-state index contributed by atoms with van der Waals surface area (Å²) in [5, 5.41) is 0. The number of hydrogen-bond acceptors (Lipinski definition) is 5. The average Bonchev–Trinajstić information content (AvgIpc) is 2.66. The van der Waals surface area contributed by atoms with E-state index in [1.807, 2.05) is 18.5 Å². The number of imidazole rings is 1. The number of ether oxygens (including phenoxy) is 2. The molecule has 0 fully saturated rings. The lowest BCUT2D eigenvalue weighted by Crippen LogP contribution is -2.07. The number of benzene rings is 1. The van der Waals surface area contributed by atoms with Crippen LogP contribution in [0.4, 0.5) is 0 Å². The molecule has 2 rings (SSSR count). The molecule has 0 saturated carbocycles. The maximum atomic E-state index is 11.9. The molecule has 0 spiro atoms. The van der Waals surface area contributed by atoms with E-state index in [1.54, 1.807) is 13.0 Å². The standard InChI is InChI=1S/C14H16N2O4/c1-5-19-14(18)10-6-11-13(15-8(2)16(11)4)12(7-10)20-9(3)17/h6-7H,5H2,1-4H3. The van der Waals surface area contributed by atoms with E-state index in [9.17, 15) is 9.59 Å². The summed E-state index contributed by atoms with van der Waals surface area (Å²) in [5.74, 6) is 0.105. The van der Waals surface area contributed by atoms with E-state index in [0.29, 0.717) is 16.6 Å². The average molecular weight is 276 g/mol. The first-order chi connectivity index (χ1) is 9.43. The highest BCUT2D eigenvalue weighted by atomic mass is 16.5. The zero-order chi connectivity index (χ0) is 14.9. The van der Waals surface area contributed by atoms with Crippen LogP contribution in [0.25, 0.3) is 11.0 Å². The lowest BCUT2D eigenvalue weighted by atomic mass is 10.2. The van der Waals surface area contributed by atoms with Gasteiger partial charge in [0.25, 0.3) is 0 Å². The zero-order valence-corrected chi connectivity index (χ0v) is 11.9. The molecule has 20 heavy (non-hydrogen) atoms. The molecule has 0 bridgehead atoms. The van der Waals surface area contributed by atoms with Crippen LogP contribution >= 0.6 is 0 Å². The molecule has 0 amide bonds. The van der Waals surface area contributed by atoms with Gasteiger partial charge in [0.1, 0.15) is 11.3 Å². The molecular formula is C14H16N2O4. The minimum atomic E-state index is -0.462. The Balaban J connectivity index is 2.64. The van der Waals surface area contributed by atoms with Crippen LogP contribution in [0, 0.1) is 6.92 Å². The second-order valence-electron chi connectivity index (χ2n) is 4.37. The van der Waals surface area contributed by atoms with Crippen molar-refractivity contribution < 1.29 is 19.1 Å². The minimum Gasteiger partial charge on any atom is -0.462 e. The maximum Gasteiger partial charge on any atom is 0.338 e. The lowest BCUT2D eigenvalue weighted by Gasteiger charge is -2.07. The molecule has 1 aromatic carbocycles. The van der Waals surface area contributed by atoms with Crippen LogP contribution in [0.3, 0.4) is 0 Å². The highest BCUT2D eigenvalue weighted by molar-refractivity contribution is 5.97. The molecule has 0 radical (unpaired) electrons. The van der Waals surface area contributed by atoms with Gasteiger partial charge in [-0.2, -0.15) is 0 Å². The van der Waals surface area contributed by atoms with Gasteiger partial charge in [0.05, 0.1) is 17.7 Å². The van der Waals surface area contributed by atoms with Crippen molar-refractivity contribution in [2.45, 2.75) is 20.8 Å². The summed E-state index contributed by atoms with van der Waals surface area (Å²) >= 11 is 0. The van der Waals surface area contributed by atoms with Gasteiger partial charge in [-0.25, -0.2) is 9.78 Å². The van der Waals surface area contributed by atoms with E-state index in [2.05, 4.69) is 4.98 Å². The normalized spacial score (nSPS) is 10.6. The Morgan fingerprint density at radius 1 is 1.35 bits per heavy atom. The monoisotopic (exact) mass is 276 g/mol. The first kappa shape index (κ1) is 14.0. The molecule has 0 N–H and O–H groups in total. The summed E-state index contributed by atoms with van der Waals surface area (Å²) in [6.45, 7) is 5.15. The number of esters is 2. The number of nitrogens with zero attached hydrogens (tertiary/aromatic N) is 2. The van der Waals surface area contributed by atoms with E-state index >= 15 is 0 Å². The van der Waals surface area contributed by atoms with Crippen molar-refractivity contribution in [3.05, 3.63) is 23.5 Å². The maximum absolute atomic E-state index is 11.9. The van der Waals surface area contributed by atoms with Crippen molar-refractivity contribution in [3.63, 3.8) is 0 Å². The van der Waals surface area contributed by atoms with Crippen LogP contribution in [-0.4, -0.2) is 28.1 Å². The van der Waals surface area contributed by atoms with Gasteiger partial charge in [0.2, 0.25) is 0 Å². The Hall–Kier alpha value is -2.37. The summed E-state index contributed by atoms with van der Waals surface area (Å²) < 4.78 is 11.9. The number of rotatable bonds is 3. The topological polar surface area (TPSA) is 70.4 Å². The lowest BCUT2D eigenvalue weighted by molar-refractivity contribution is -0.131. The summed E-state index contributed by atoms with van der Waals surface area (Å²) in [6.07, 6.45) is 0. The van der Waals surface area contributed by atoms with Crippen molar-refractivity contribution in [2.75, 3.05) is 6.61 Å². The Labute approximate surface area is 116 Å². The van der Waals surface area contributed by atoms with Gasteiger partial charge in [-0.3, -0.25) is 4.79 Å². The summed E-state index contributed by atoms with van der Waals surface area (Å²) in [7, 11) is 1.83. The first-order valence-electron chi connectivity index (χ1n) is 6.26. The van der Waals surface area contributed by atoms with Gasteiger partial charge in [0, 0.05) is 14.0 Å². The van der Waals surface area contributed by atoms with Crippen molar-refractivity contribution in [2.24, 2.45) is 7.05 Å². The number of fused-ring (bicyclic) bond motifs is 1. The minimum absolute atomic E-state index is 0.266. The van der Waals surface area contributed by atoms with Gasteiger partial charge >= 0.3 is 11.9 Å². The van der Waals surface area contributed by atoms with Gasteiger partial charge < -0.3 is 14.0 Å². The molecule has 6 heteroatoms. The van der Waals surface area contributed by atoms with Gasteiger partial charge in [-0.1, -0.05) is 0 Å². The van der Waals surface area contributed by atoms with Crippen LogP contribution < -0.4 is 4.74 Å². The highest BCUT2D eigenvalue weighted by Gasteiger charge is 2.17. The predicted octanol–water partition coefficient (Wildman–Crippen LogP) is 1.98. The van der Waals surface area contributed by atoms with Gasteiger partial charge in [-0.05, 0) is 26.0 Å². The Morgan fingerprint density at radius 2 is 2.05 bits per heavy atom. The van der Waals surface area contributed by atoms with Crippen LogP contribution in [0.2, 0.25) is 0 Å². The fourth-order valence-corrected chi connectivity index (χ4v) is 1.94. The first-order valence-corrected chi connectivity index (χ1v) is 6.26. The molecule has 0 aliphatic carbocycles. The molecule has 0 unspecified atom stereocenters. The Kier molecular flexibility index (Phi) is 3.74. The van der Waals surface area contributed by atoms with Crippen molar-refractivity contribution >= 4 is 23.0 Å². The van der Waals surface area contributed by atoms with E-state index in [1.165, 1.54) is 13.0 Å². The molecule has 1 aromatic heterocycles. The Bertz CT molecular complexity index is 688. The predicted molar refractivity (Wildman–Crippen MR) is 72.7 cm³/mol. The summed E-state index contributed by atoms with van der Waals surface area (Å²) in [5.41, 5.74) is 1.59. The zero-order valence-electron chi connectivity index (χ0n) is 11.9. The van der Waals surface area contributed by atoms with Gasteiger partial charge in [-0.15, -0.1) is 0 Å². The van der Waals surface area contributed by atoms with Crippen LogP contribution in [0.1, 0.15) is 30.0 Å². The second-order valence-corrected chi connectivity index (χ2v) is 4.37. The van der Waals surface area contributed by atoms with Crippen LogP contribution in [0.5, 0.6) is 5.75 Å². The molecule has 2 aromatic rings. The molecule has 1 heterocycles. The molecule has 106 valence electrons. The van der Waals surface area contributed by atoms with Crippen molar-refractivity contribution in [1.82, 2.24) is 9.55 Å². The number of aromatic nitrogens is 2. The fourth-order valence-electron chi connectivity index (χ4n) is 1.94. The summed E-state index contributed by atoms with van der Waals surface area (Å²) in [4.78, 5) is 27.4. The molecular weight excluding hydrogens is 260 g/mol. The van der Waals surface area contributed by atoms with E-state index in [-0.39, 0.29) is 12.4 Å². The molecule has 0 saturated heterocycles. The fraction of sp³-hybridized carbons (Fsp3) is 0.357. The molecule has 6 nitrogen and oxygen atoms in total. The van der Waals surface area contributed by atoms with Crippen LogP contribution in [-0.2, 0) is 16.6 Å². The quantitative estimate of drug-likeness (QED) is 0.633. The molecule has 0 atom stereocenters.